The lowest BCUT2D eigenvalue weighted by Crippen LogP contribution is -2.22. The maximum Gasteiger partial charge on any atom is 0.119 e. The van der Waals surface area contributed by atoms with Gasteiger partial charge in [-0.3, -0.25) is 0 Å². The molecule has 0 aliphatic heterocycles. The van der Waals surface area contributed by atoms with Crippen LogP contribution < -0.4 is 4.74 Å². The molecule has 0 heterocycles. The number of hydrogen-bond donors (Lipinski definition) is 0. The second-order valence-corrected chi connectivity index (χ2v) is 7.20. The standard InChI is InChI=1S/C18H30O3/c1-17(2,3)15-7-9-16(10-8-15)20-13-11-19-12-14-21-18(4,5)6/h7-10H,11-14H2,1-6H3. The lowest BCUT2D eigenvalue weighted by atomic mass is 9.87. The van der Waals surface area contributed by atoms with Gasteiger partial charge in [0.1, 0.15) is 12.4 Å². The smallest absolute Gasteiger partial charge is 0.119 e. The molecule has 3 nitrogen and oxygen atoms in total. The second-order valence-electron chi connectivity index (χ2n) is 7.20. The Morgan fingerprint density at radius 2 is 1.33 bits per heavy atom. The van der Waals surface area contributed by atoms with Crippen molar-refractivity contribution in [2.45, 2.75) is 52.6 Å². The van der Waals surface area contributed by atoms with E-state index in [0.717, 1.165) is 5.75 Å². The molecule has 0 aromatic heterocycles. The first-order valence-electron chi connectivity index (χ1n) is 7.63. The molecule has 21 heavy (non-hydrogen) atoms. The van der Waals surface area contributed by atoms with Crippen LogP contribution in [-0.2, 0) is 14.9 Å². The Labute approximate surface area is 129 Å². The van der Waals surface area contributed by atoms with Crippen molar-refractivity contribution in [3.05, 3.63) is 29.8 Å². The highest BCUT2D eigenvalue weighted by Gasteiger charge is 2.13. The van der Waals surface area contributed by atoms with Crippen molar-refractivity contribution in [2.75, 3.05) is 26.4 Å². The highest BCUT2D eigenvalue weighted by molar-refractivity contribution is 5.31. The van der Waals surface area contributed by atoms with E-state index in [2.05, 4.69) is 32.9 Å². The maximum atomic E-state index is 5.66. The zero-order chi connectivity index (χ0) is 15.9. The molecule has 120 valence electrons. The molecule has 1 aromatic rings. The summed E-state index contributed by atoms with van der Waals surface area (Å²) in [5.41, 5.74) is 1.38. The summed E-state index contributed by atoms with van der Waals surface area (Å²) in [4.78, 5) is 0. The summed E-state index contributed by atoms with van der Waals surface area (Å²) in [7, 11) is 0. The molecular weight excluding hydrogens is 264 g/mol. The molecule has 0 amide bonds. The van der Waals surface area contributed by atoms with E-state index in [-0.39, 0.29) is 11.0 Å². The molecule has 0 aliphatic carbocycles. The monoisotopic (exact) mass is 294 g/mol. The van der Waals surface area contributed by atoms with Crippen molar-refractivity contribution in [3.8, 4) is 5.75 Å². The maximum absolute atomic E-state index is 5.66. The molecule has 0 N–H and O–H groups in total. The highest BCUT2D eigenvalue weighted by atomic mass is 16.5. The van der Waals surface area contributed by atoms with E-state index in [0.29, 0.717) is 26.4 Å². The average Bonchev–Trinajstić information content (AvgIpc) is 2.36. The van der Waals surface area contributed by atoms with Gasteiger partial charge in [-0.1, -0.05) is 32.9 Å². The normalized spacial score (nSPS) is 12.5. The fourth-order valence-electron chi connectivity index (χ4n) is 1.78. The fourth-order valence-corrected chi connectivity index (χ4v) is 1.78. The number of benzene rings is 1. The van der Waals surface area contributed by atoms with Crippen LogP contribution in [0.15, 0.2) is 24.3 Å². The third-order valence-corrected chi connectivity index (χ3v) is 2.98. The van der Waals surface area contributed by atoms with Gasteiger partial charge in [-0.25, -0.2) is 0 Å². The van der Waals surface area contributed by atoms with Crippen LogP contribution in [0.5, 0.6) is 5.75 Å². The van der Waals surface area contributed by atoms with Crippen LogP contribution >= 0.6 is 0 Å². The summed E-state index contributed by atoms with van der Waals surface area (Å²) in [6.07, 6.45) is 0. The molecule has 0 saturated carbocycles. The van der Waals surface area contributed by atoms with Crippen molar-refractivity contribution in [2.24, 2.45) is 0 Å². The molecule has 0 spiro atoms. The van der Waals surface area contributed by atoms with E-state index in [1.807, 2.05) is 32.9 Å². The van der Waals surface area contributed by atoms with Crippen LogP contribution in [0.3, 0.4) is 0 Å². The quantitative estimate of drug-likeness (QED) is 0.706. The summed E-state index contributed by atoms with van der Waals surface area (Å²) in [5, 5.41) is 0. The predicted octanol–water partition coefficient (Wildman–Crippen LogP) is 4.19. The van der Waals surface area contributed by atoms with Gasteiger partial charge in [0.15, 0.2) is 0 Å². The molecular formula is C18H30O3. The van der Waals surface area contributed by atoms with Gasteiger partial charge in [-0.05, 0) is 43.9 Å². The first-order valence-corrected chi connectivity index (χ1v) is 7.63. The van der Waals surface area contributed by atoms with Gasteiger partial charge in [0.25, 0.3) is 0 Å². The largest absolute Gasteiger partial charge is 0.491 e. The Bertz CT molecular complexity index is 396. The van der Waals surface area contributed by atoms with Gasteiger partial charge in [-0.2, -0.15) is 0 Å². The summed E-state index contributed by atoms with van der Waals surface area (Å²) in [6, 6.07) is 8.27. The van der Waals surface area contributed by atoms with Crippen molar-refractivity contribution in [1.29, 1.82) is 0 Å². The van der Waals surface area contributed by atoms with E-state index in [1.165, 1.54) is 5.56 Å². The summed E-state index contributed by atoms with van der Waals surface area (Å²) >= 11 is 0. The molecule has 1 aromatic carbocycles. The van der Waals surface area contributed by atoms with E-state index in [9.17, 15) is 0 Å². The van der Waals surface area contributed by atoms with Crippen molar-refractivity contribution in [3.63, 3.8) is 0 Å². The minimum Gasteiger partial charge on any atom is -0.491 e. The Morgan fingerprint density at radius 3 is 1.86 bits per heavy atom. The van der Waals surface area contributed by atoms with Crippen LogP contribution in [0, 0.1) is 0 Å². The number of rotatable bonds is 7. The third-order valence-electron chi connectivity index (χ3n) is 2.98. The van der Waals surface area contributed by atoms with E-state index in [1.54, 1.807) is 0 Å². The van der Waals surface area contributed by atoms with E-state index >= 15 is 0 Å². The second kappa shape index (κ2) is 7.81. The summed E-state index contributed by atoms with van der Waals surface area (Å²) in [6.45, 7) is 15.1. The molecule has 3 heteroatoms. The molecule has 0 atom stereocenters. The van der Waals surface area contributed by atoms with Crippen LogP contribution in [0.2, 0.25) is 0 Å². The first-order chi connectivity index (χ1) is 9.68. The molecule has 1 rings (SSSR count). The minimum absolute atomic E-state index is 0.103. The molecule has 0 aliphatic rings. The molecule has 0 unspecified atom stereocenters. The first kappa shape index (κ1) is 18.0. The van der Waals surface area contributed by atoms with Gasteiger partial charge in [-0.15, -0.1) is 0 Å². The Kier molecular flexibility index (Phi) is 6.69. The SMILES string of the molecule is CC(C)(C)OCCOCCOc1ccc(C(C)(C)C)cc1. The van der Waals surface area contributed by atoms with Gasteiger partial charge < -0.3 is 14.2 Å². The minimum atomic E-state index is -0.103. The number of hydrogen-bond acceptors (Lipinski definition) is 3. The van der Waals surface area contributed by atoms with Crippen molar-refractivity contribution in [1.82, 2.24) is 0 Å². The Balaban J connectivity index is 2.16. The van der Waals surface area contributed by atoms with Crippen molar-refractivity contribution < 1.29 is 14.2 Å². The van der Waals surface area contributed by atoms with Crippen LogP contribution in [0.1, 0.15) is 47.1 Å². The molecule has 0 radical (unpaired) electrons. The van der Waals surface area contributed by atoms with Gasteiger partial charge in [0.05, 0.1) is 25.4 Å². The van der Waals surface area contributed by atoms with E-state index in [4.69, 9.17) is 14.2 Å². The van der Waals surface area contributed by atoms with Gasteiger partial charge in [0, 0.05) is 0 Å². The summed E-state index contributed by atoms with van der Waals surface area (Å²) in [5.74, 6) is 0.887. The highest BCUT2D eigenvalue weighted by Crippen LogP contribution is 2.24. The van der Waals surface area contributed by atoms with Gasteiger partial charge in [0.2, 0.25) is 0 Å². The zero-order valence-electron chi connectivity index (χ0n) is 14.4. The fraction of sp³-hybridized carbons (Fsp3) is 0.667. The van der Waals surface area contributed by atoms with Crippen molar-refractivity contribution >= 4 is 0 Å². The average molecular weight is 294 g/mol. The van der Waals surface area contributed by atoms with Gasteiger partial charge >= 0.3 is 0 Å². The lowest BCUT2D eigenvalue weighted by Gasteiger charge is -2.19. The molecule has 0 fully saturated rings. The number of ether oxygens (including phenoxy) is 3. The predicted molar refractivity (Wildman–Crippen MR) is 87.2 cm³/mol. The lowest BCUT2D eigenvalue weighted by molar-refractivity contribution is -0.0375. The van der Waals surface area contributed by atoms with Crippen LogP contribution in [0.4, 0.5) is 0 Å². The topological polar surface area (TPSA) is 27.7 Å². The van der Waals surface area contributed by atoms with Crippen LogP contribution in [0.25, 0.3) is 0 Å². The van der Waals surface area contributed by atoms with Crippen LogP contribution in [-0.4, -0.2) is 32.0 Å². The Hall–Kier alpha value is -1.06. The molecule has 0 bridgehead atoms. The zero-order valence-corrected chi connectivity index (χ0v) is 14.4. The molecule has 0 saturated heterocycles. The third kappa shape index (κ3) is 8.08. The van der Waals surface area contributed by atoms with E-state index < -0.39 is 0 Å². The Morgan fingerprint density at radius 1 is 0.762 bits per heavy atom. The summed E-state index contributed by atoms with van der Waals surface area (Å²) < 4.78 is 16.7.